The van der Waals surface area contributed by atoms with Crippen LogP contribution in [0.3, 0.4) is 0 Å². The molecule has 0 saturated heterocycles. The van der Waals surface area contributed by atoms with Gasteiger partial charge in [0.05, 0.1) is 16.6 Å². The minimum Gasteiger partial charge on any atom is -0.478 e. The molecule has 1 aromatic carbocycles. The molecule has 0 unspecified atom stereocenters. The normalized spacial score (nSPS) is 10.7. The van der Waals surface area contributed by atoms with E-state index in [0.29, 0.717) is 11.1 Å². The monoisotopic (exact) mass is 255 g/mol. The molecular formula is C13H9N3O3. The maximum atomic E-state index is 11.4. The summed E-state index contributed by atoms with van der Waals surface area (Å²) in [4.78, 5) is 25.1. The molecule has 6 nitrogen and oxygen atoms in total. The van der Waals surface area contributed by atoms with Crippen molar-refractivity contribution in [2.24, 2.45) is 0 Å². The number of nitrogens with one attached hydrogen (secondary N) is 2. The van der Waals surface area contributed by atoms with Crippen LogP contribution in [0.15, 0.2) is 41.2 Å². The van der Waals surface area contributed by atoms with Crippen molar-refractivity contribution in [3.05, 3.63) is 52.3 Å². The van der Waals surface area contributed by atoms with E-state index < -0.39 is 11.5 Å². The van der Waals surface area contributed by atoms with Crippen LogP contribution in [-0.2, 0) is 0 Å². The smallest absolute Gasteiger partial charge is 0.336 e. The molecule has 0 aliphatic heterocycles. The first-order chi connectivity index (χ1) is 9.16. The largest absolute Gasteiger partial charge is 0.478 e. The van der Waals surface area contributed by atoms with Gasteiger partial charge in [0, 0.05) is 11.6 Å². The number of hydrogen-bond donors (Lipinski definition) is 3. The van der Waals surface area contributed by atoms with Gasteiger partial charge in [0.1, 0.15) is 0 Å². The average Bonchev–Trinajstić information content (AvgIpc) is 2.82. The Labute approximate surface area is 106 Å². The predicted octanol–water partition coefficient (Wildman–Crippen LogP) is 1.62. The Morgan fingerprint density at radius 3 is 2.63 bits per heavy atom. The van der Waals surface area contributed by atoms with Crippen molar-refractivity contribution in [3.63, 3.8) is 0 Å². The highest BCUT2D eigenvalue weighted by molar-refractivity contribution is 6.07. The Bertz CT molecular complexity index is 818. The predicted molar refractivity (Wildman–Crippen MR) is 69.1 cm³/mol. The molecule has 0 aliphatic carbocycles. The number of carbonyl (C=O) groups is 1. The third-order valence-electron chi connectivity index (χ3n) is 2.85. The number of aromatic amines is 2. The molecule has 0 fully saturated rings. The highest BCUT2D eigenvalue weighted by Crippen LogP contribution is 2.26. The topological polar surface area (TPSA) is 98.8 Å². The van der Waals surface area contributed by atoms with E-state index in [1.165, 1.54) is 0 Å². The second-order valence-electron chi connectivity index (χ2n) is 4.04. The van der Waals surface area contributed by atoms with Crippen molar-refractivity contribution in [2.45, 2.75) is 0 Å². The van der Waals surface area contributed by atoms with Gasteiger partial charge in [-0.15, -0.1) is 0 Å². The molecular weight excluding hydrogens is 246 g/mol. The number of H-pyrrole nitrogens is 2. The highest BCUT2D eigenvalue weighted by Gasteiger charge is 2.17. The van der Waals surface area contributed by atoms with Crippen molar-refractivity contribution < 1.29 is 9.90 Å². The molecule has 2 aromatic heterocycles. The van der Waals surface area contributed by atoms with Gasteiger partial charge >= 0.3 is 5.97 Å². The van der Waals surface area contributed by atoms with Crippen LogP contribution in [0.1, 0.15) is 10.4 Å². The maximum Gasteiger partial charge on any atom is 0.336 e. The van der Waals surface area contributed by atoms with Crippen LogP contribution in [0.4, 0.5) is 0 Å². The lowest BCUT2D eigenvalue weighted by Gasteiger charge is -2.01. The van der Waals surface area contributed by atoms with E-state index in [1.807, 2.05) is 30.3 Å². The Morgan fingerprint density at radius 2 is 1.95 bits per heavy atom. The van der Waals surface area contributed by atoms with Gasteiger partial charge in [-0.25, -0.2) is 4.79 Å². The zero-order chi connectivity index (χ0) is 13.4. The van der Waals surface area contributed by atoms with Gasteiger partial charge in [0.15, 0.2) is 5.65 Å². The van der Waals surface area contributed by atoms with Crippen molar-refractivity contribution >= 4 is 17.0 Å². The average molecular weight is 255 g/mol. The highest BCUT2D eigenvalue weighted by atomic mass is 16.4. The van der Waals surface area contributed by atoms with Crippen LogP contribution in [0.2, 0.25) is 0 Å². The second kappa shape index (κ2) is 4.09. The van der Waals surface area contributed by atoms with E-state index in [4.69, 9.17) is 0 Å². The standard InChI is InChI=1S/C13H9N3O3/c17-9-6-8(13(18)19)10-11(15-16-12(10)14-9)7-4-2-1-3-5-7/h1-6H,(H,18,19)(H2,14,15,16,17). The molecule has 0 bridgehead atoms. The summed E-state index contributed by atoms with van der Waals surface area (Å²) in [5, 5.41) is 16.3. The number of carboxylic acid groups (broad SMARTS) is 1. The lowest BCUT2D eigenvalue weighted by molar-refractivity contribution is 0.0699. The third-order valence-corrected chi connectivity index (χ3v) is 2.85. The number of fused-ring (bicyclic) bond motifs is 1. The molecule has 0 radical (unpaired) electrons. The van der Waals surface area contributed by atoms with E-state index in [2.05, 4.69) is 15.2 Å². The Hall–Kier alpha value is -2.89. The molecule has 3 N–H and O–H groups in total. The first-order valence-corrected chi connectivity index (χ1v) is 5.57. The first-order valence-electron chi connectivity index (χ1n) is 5.57. The SMILES string of the molecule is O=C(O)c1cc(=O)[nH]c2n[nH]c(-c3ccccc3)c12. The Kier molecular flexibility index (Phi) is 2.42. The van der Waals surface area contributed by atoms with Crippen LogP contribution >= 0.6 is 0 Å². The van der Waals surface area contributed by atoms with Gasteiger partial charge in [0.2, 0.25) is 5.56 Å². The lowest BCUT2D eigenvalue weighted by Crippen LogP contribution is -2.09. The van der Waals surface area contributed by atoms with Gasteiger partial charge in [-0.1, -0.05) is 30.3 Å². The van der Waals surface area contributed by atoms with Crippen molar-refractivity contribution in [2.75, 3.05) is 0 Å². The van der Waals surface area contributed by atoms with Crippen LogP contribution in [-0.4, -0.2) is 26.3 Å². The van der Waals surface area contributed by atoms with Crippen LogP contribution < -0.4 is 5.56 Å². The van der Waals surface area contributed by atoms with Gasteiger partial charge in [-0.05, 0) is 0 Å². The number of aromatic nitrogens is 3. The molecule has 0 saturated carbocycles. The summed E-state index contributed by atoms with van der Waals surface area (Å²) in [5.41, 5.74) is 1.06. The number of aromatic carboxylic acids is 1. The summed E-state index contributed by atoms with van der Waals surface area (Å²) in [5.74, 6) is -1.16. The molecule has 2 heterocycles. The number of hydrogen-bond acceptors (Lipinski definition) is 3. The minimum absolute atomic E-state index is 0.0636. The molecule has 0 amide bonds. The zero-order valence-corrected chi connectivity index (χ0v) is 9.68. The lowest BCUT2D eigenvalue weighted by atomic mass is 10.1. The summed E-state index contributed by atoms with van der Waals surface area (Å²) in [6.07, 6.45) is 0. The van der Waals surface area contributed by atoms with Crippen molar-refractivity contribution in [3.8, 4) is 11.3 Å². The minimum atomic E-state index is -1.16. The molecule has 19 heavy (non-hydrogen) atoms. The molecule has 3 aromatic rings. The summed E-state index contributed by atoms with van der Waals surface area (Å²) in [7, 11) is 0. The Balaban J connectivity index is 2.40. The van der Waals surface area contributed by atoms with Crippen LogP contribution in [0.25, 0.3) is 22.3 Å². The number of nitrogens with zero attached hydrogens (tertiary/aromatic N) is 1. The number of carboxylic acids is 1. The van der Waals surface area contributed by atoms with E-state index >= 15 is 0 Å². The fourth-order valence-electron chi connectivity index (χ4n) is 2.03. The first kappa shape index (κ1) is 11.2. The molecule has 0 aliphatic rings. The van der Waals surface area contributed by atoms with Gasteiger partial charge < -0.3 is 10.1 Å². The number of rotatable bonds is 2. The fraction of sp³-hybridized carbons (Fsp3) is 0. The van der Waals surface area contributed by atoms with Gasteiger partial charge in [0.25, 0.3) is 0 Å². The van der Waals surface area contributed by atoms with Crippen molar-refractivity contribution in [1.29, 1.82) is 0 Å². The summed E-state index contributed by atoms with van der Waals surface area (Å²) in [6, 6.07) is 10.3. The van der Waals surface area contributed by atoms with Gasteiger partial charge in [-0.3, -0.25) is 9.89 Å². The van der Waals surface area contributed by atoms with E-state index in [-0.39, 0.29) is 11.2 Å². The molecule has 0 spiro atoms. The van der Waals surface area contributed by atoms with Crippen molar-refractivity contribution in [1.82, 2.24) is 15.2 Å². The quantitative estimate of drug-likeness (QED) is 0.647. The molecule has 3 rings (SSSR count). The van der Waals surface area contributed by atoms with Crippen LogP contribution in [0, 0.1) is 0 Å². The Morgan fingerprint density at radius 1 is 1.21 bits per heavy atom. The number of benzene rings is 1. The number of pyridine rings is 1. The van der Waals surface area contributed by atoms with E-state index in [9.17, 15) is 14.7 Å². The third kappa shape index (κ3) is 1.79. The maximum absolute atomic E-state index is 11.4. The zero-order valence-electron chi connectivity index (χ0n) is 9.68. The summed E-state index contributed by atoms with van der Waals surface area (Å²) in [6.45, 7) is 0. The summed E-state index contributed by atoms with van der Waals surface area (Å²) < 4.78 is 0. The molecule has 6 heteroatoms. The summed E-state index contributed by atoms with van der Waals surface area (Å²) >= 11 is 0. The molecule has 94 valence electrons. The second-order valence-corrected chi connectivity index (χ2v) is 4.04. The molecule has 0 atom stereocenters. The van der Waals surface area contributed by atoms with Gasteiger partial charge in [-0.2, -0.15) is 5.10 Å². The fourth-order valence-corrected chi connectivity index (χ4v) is 2.03. The van der Waals surface area contributed by atoms with E-state index in [1.54, 1.807) is 0 Å². The van der Waals surface area contributed by atoms with Crippen LogP contribution in [0.5, 0.6) is 0 Å². The van der Waals surface area contributed by atoms with E-state index in [0.717, 1.165) is 11.6 Å².